The maximum absolute atomic E-state index is 13.9. The fraction of sp³-hybridized carbons (Fsp3) is 0.258. The van der Waals surface area contributed by atoms with E-state index in [-0.39, 0.29) is 17.2 Å². The van der Waals surface area contributed by atoms with E-state index in [1.807, 2.05) is 39.0 Å². The highest BCUT2D eigenvalue weighted by molar-refractivity contribution is 7.07. The standard InChI is InChI=1S/C31H29ClN4O5S/c1-6-34(7-2)30(38)27-19(5)33-31-35(28(27)20-8-10-22(32)11-9-20)29(37)26(42-31)16-23-12-13-25(41-23)21-14-17(3)18(4)24(15-21)36(39)40/h8-16,28H,6-7H2,1-5H3/b26-16+/t28-/m0/s1. The maximum atomic E-state index is 13.9. The van der Waals surface area contributed by atoms with Gasteiger partial charge in [-0.2, -0.15) is 0 Å². The normalized spacial score (nSPS) is 15.0. The van der Waals surface area contributed by atoms with Gasteiger partial charge in [0.2, 0.25) is 0 Å². The molecular formula is C31H29ClN4O5S. The molecule has 216 valence electrons. The highest BCUT2D eigenvalue weighted by Gasteiger charge is 2.34. The first-order valence-electron chi connectivity index (χ1n) is 13.5. The van der Waals surface area contributed by atoms with Crippen molar-refractivity contribution in [2.24, 2.45) is 4.99 Å². The van der Waals surface area contributed by atoms with Crippen LogP contribution in [0.3, 0.4) is 0 Å². The summed E-state index contributed by atoms with van der Waals surface area (Å²) in [6.07, 6.45) is 1.63. The molecule has 1 atom stereocenters. The molecule has 1 amide bonds. The fourth-order valence-corrected chi connectivity index (χ4v) is 6.28. The highest BCUT2D eigenvalue weighted by atomic mass is 35.5. The van der Waals surface area contributed by atoms with Crippen molar-refractivity contribution in [3.05, 3.63) is 117 Å². The molecule has 11 heteroatoms. The minimum absolute atomic E-state index is 0.0175. The van der Waals surface area contributed by atoms with E-state index >= 15 is 0 Å². The third-order valence-electron chi connectivity index (χ3n) is 7.51. The molecule has 1 aliphatic rings. The van der Waals surface area contributed by atoms with Gasteiger partial charge in [0, 0.05) is 41.4 Å². The predicted octanol–water partition coefficient (Wildman–Crippen LogP) is 5.54. The summed E-state index contributed by atoms with van der Waals surface area (Å²) in [7, 11) is 0. The number of amides is 1. The molecule has 0 unspecified atom stereocenters. The lowest BCUT2D eigenvalue weighted by molar-refractivity contribution is -0.385. The molecule has 5 rings (SSSR count). The average molecular weight is 605 g/mol. The van der Waals surface area contributed by atoms with Crippen molar-refractivity contribution in [3.63, 3.8) is 0 Å². The maximum Gasteiger partial charge on any atom is 0.273 e. The first kappa shape index (κ1) is 29.2. The van der Waals surface area contributed by atoms with Crippen molar-refractivity contribution in [2.45, 2.75) is 40.7 Å². The summed E-state index contributed by atoms with van der Waals surface area (Å²) in [6, 6.07) is 13.2. The molecule has 0 fully saturated rings. The molecule has 0 saturated heterocycles. The summed E-state index contributed by atoms with van der Waals surface area (Å²) in [4.78, 5) is 45.6. The molecule has 3 heterocycles. The van der Waals surface area contributed by atoms with Crippen LogP contribution in [-0.2, 0) is 4.79 Å². The Hall–Kier alpha value is -4.28. The molecule has 0 radical (unpaired) electrons. The Labute approximate surface area is 250 Å². The van der Waals surface area contributed by atoms with Gasteiger partial charge in [-0.15, -0.1) is 0 Å². The number of carbonyl (C=O) groups is 1. The lowest BCUT2D eigenvalue weighted by atomic mass is 9.94. The largest absolute Gasteiger partial charge is 0.457 e. The number of nitro benzene ring substituents is 1. The van der Waals surface area contributed by atoms with Gasteiger partial charge in [-0.3, -0.25) is 24.3 Å². The summed E-state index contributed by atoms with van der Waals surface area (Å²) in [5.74, 6) is 0.685. The molecule has 2 aromatic heterocycles. The van der Waals surface area contributed by atoms with E-state index in [1.165, 1.54) is 17.4 Å². The van der Waals surface area contributed by atoms with Crippen molar-refractivity contribution in [2.75, 3.05) is 13.1 Å². The van der Waals surface area contributed by atoms with E-state index in [4.69, 9.17) is 16.0 Å². The van der Waals surface area contributed by atoms with Gasteiger partial charge in [-0.1, -0.05) is 35.1 Å². The Morgan fingerprint density at radius 3 is 2.48 bits per heavy atom. The molecule has 42 heavy (non-hydrogen) atoms. The molecule has 9 nitrogen and oxygen atoms in total. The van der Waals surface area contributed by atoms with E-state index < -0.39 is 11.0 Å². The van der Waals surface area contributed by atoms with E-state index in [0.717, 1.165) is 11.1 Å². The number of aromatic nitrogens is 1. The van der Waals surface area contributed by atoms with Crippen LogP contribution < -0.4 is 14.9 Å². The molecule has 0 bridgehead atoms. The summed E-state index contributed by atoms with van der Waals surface area (Å²) in [5, 5.41) is 12.1. The fourth-order valence-electron chi connectivity index (χ4n) is 5.12. The van der Waals surface area contributed by atoms with Crippen LogP contribution in [0.2, 0.25) is 5.02 Å². The van der Waals surface area contributed by atoms with Crippen molar-refractivity contribution in [3.8, 4) is 11.3 Å². The number of nitro groups is 1. The van der Waals surface area contributed by atoms with Gasteiger partial charge in [-0.05, 0) is 76.1 Å². The van der Waals surface area contributed by atoms with Gasteiger partial charge in [0.05, 0.1) is 26.8 Å². The molecule has 4 aromatic rings. The van der Waals surface area contributed by atoms with E-state index in [9.17, 15) is 19.7 Å². The Balaban J connectivity index is 1.63. The minimum Gasteiger partial charge on any atom is -0.457 e. The molecule has 0 spiro atoms. The molecule has 0 aliphatic carbocycles. The van der Waals surface area contributed by atoms with Gasteiger partial charge in [0.15, 0.2) is 4.80 Å². The zero-order chi connectivity index (χ0) is 30.3. The third kappa shape index (κ3) is 5.23. The number of hydrogen-bond acceptors (Lipinski definition) is 7. The molecular weight excluding hydrogens is 576 g/mol. The first-order valence-corrected chi connectivity index (χ1v) is 14.7. The van der Waals surface area contributed by atoms with Crippen molar-refractivity contribution >= 4 is 40.6 Å². The Kier molecular flexibility index (Phi) is 8.03. The Bertz CT molecular complexity index is 1930. The van der Waals surface area contributed by atoms with Crippen molar-refractivity contribution < 1.29 is 14.1 Å². The highest BCUT2D eigenvalue weighted by Crippen LogP contribution is 2.33. The van der Waals surface area contributed by atoms with Crippen molar-refractivity contribution in [1.82, 2.24) is 9.47 Å². The van der Waals surface area contributed by atoms with E-state index in [2.05, 4.69) is 4.99 Å². The van der Waals surface area contributed by atoms with Gasteiger partial charge in [-0.25, -0.2) is 4.99 Å². The quantitative estimate of drug-likeness (QED) is 0.203. The SMILES string of the molecule is CCN(CC)C(=O)C1=C(C)N=c2s/c(=C/c3ccc(-c4cc(C)c(C)c([N+](=O)[O-])c4)o3)c(=O)n2[C@H]1c1ccc(Cl)cc1. The number of fused-ring (bicyclic) bond motifs is 1. The van der Waals surface area contributed by atoms with Crippen LogP contribution in [-0.4, -0.2) is 33.4 Å². The van der Waals surface area contributed by atoms with E-state index in [0.29, 0.717) is 61.4 Å². The molecule has 1 aliphatic heterocycles. The van der Waals surface area contributed by atoms with Gasteiger partial charge in [0.1, 0.15) is 11.5 Å². The smallest absolute Gasteiger partial charge is 0.273 e. The second kappa shape index (κ2) is 11.5. The molecule has 0 saturated carbocycles. The van der Waals surface area contributed by atoms with Crippen molar-refractivity contribution in [1.29, 1.82) is 0 Å². The Morgan fingerprint density at radius 2 is 1.83 bits per heavy atom. The summed E-state index contributed by atoms with van der Waals surface area (Å²) in [5.41, 5.74) is 3.39. The number of allylic oxidation sites excluding steroid dienone is 1. The van der Waals surface area contributed by atoms with Crippen LogP contribution in [0.25, 0.3) is 17.4 Å². The summed E-state index contributed by atoms with van der Waals surface area (Å²) < 4.78 is 7.95. The predicted molar refractivity (Wildman–Crippen MR) is 163 cm³/mol. The number of thiazole rings is 1. The van der Waals surface area contributed by atoms with E-state index in [1.54, 1.807) is 53.7 Å². The van der Waals surface area contributed by atoms with Crippen LogP contribution >= 0.6 is 22.9 Å². The van der Waals surface area contributed by atoms with Crippen LogP contribution in [0, 0.1) is 24.0 Å². The third-order valence-corrected chi connectivity index (χ3v) is 8.74. The van der Waals surface area contributed by atoms with Gasteiger partial charge >= 0.3 is 0 Å². The zero-order valence-electron chi connectivity index (χ0n) is 23.8. The number of carbonyl (C=O) groups excluding carboxylic acids is 1. The number of halogens is 1. The lowest BCUT2D eigenvalue weighted by Crippen LogP contribution is -2.43. The number of rotatable bonds is 7. The van der Waals surface area contributed by atoms with Crippen LogP contribution in [0.1, 0.15) is 49.3 Å². The lowest BCUT2D eigenvalue weighted by Gasteiger charge is -2.29. The van der Waals surface area contributed by atoms with Crippen LogP contribution in [0.5, 0.6) is 0 Å². The summed E-state index contributed by atoms with van der Waals surface area (Å²) in [6.45, 7) is 10.2. The van der Waals surface area contributed by atoms with Crippen LogP contribution in [0.15, 0.2) is 74.0 Å². The monoisotopic (exact) mass is 604 g/mol. The number of likely N-dealkylation sites (N-methyl/N-ethyl adjacent to an activating group) is 1. The summed E-state index contributed by atoms with van der Waals surface area (Å²) >= 11 is 7.37. The number of benzene rings is 2. The zero-order valence-corrected chi connectivity index (χ0v) is 25.4. The second-order valence-electron chi connectivity index (χ2n) is 10.0. The van der Waals surface area contributed by atoms with Gasteiger partial charge < -0.3 is 9.32 Å². The number of hydrogen-bond donors (Lipinski definition) is 0. The average Bonchev–Trinajstić information content (AvgIpc) is 3.54. The number of nitrogens with zero attached hydrogens (tertiary/aromatic N) is 4. The Morgan fingerprint density at radius 1 is 1.14 bits per heavy atom. The van der Waals surface area contributed by atoms with Gasteiger partial charge in [0.25, 0.3) is 17.2 Å². The molecule has 2 aromatic carbocycles. The topological polar surface area (TPSA) is 111 Å². The minimum atomic E-state index is -0.683. The second-order valence-corrected chi connectivity index (χ2v) is 11.5. The first-order chi connectivity index (χ1) is 20.0. The van der Waals surface area contributed by atoms with Crippen LogP contribution in [0.4, 0.5) is 5.69 Å². The molecule has 0 N–H and O–H groups in total. The number of furan rings is 1. The number of aryl methyl sites for hydroxylation is 1.